The molecular formula is C13H19ClN2O3. The number of benzene rings is 1. The summed E-state index contributed by atoms with van der Waals surface area (Å²) < 4.78 is 5.43. The summed E-state index contributed by atoms with van der Waals surface area (Å²) in [6.45, 7) is 6.16. The second kappa shape index (κ2) is 7.96. The molecule has 0 heterocycles. The molecule has 0 aliphatic heterocycles. The molecule has 0 fully saturated rings. The number of halogens is 1. The van der Waals surface area contributed by atoms with E-state index in [0.29, 0.717) is 29.8 Å². The lowest BCUT2D eigenvalue weighted by molar-refractivity contribution is -0.384. The van der Waals surface area contributed by atoms with Crippen LogP contribution in [0.2, 0.25) is 5.02 Å². The second-order valence-electron chi connectivity index (χ2n) is 4.67. The molecule has 1 aromatic rings. The Morgan fingerprint density at radius 1 is 1.47 bits per heavy atom. The van der Waals surface area contributed by atoms with Crippen LogP contribution in [0.15, 0.2) is 18.2 Å². The van der Waals surface area contributed by atoms with Crippen LogP contribution < -0.4 is 5.32 Å². The van der Waals surface area contributed by atoms with Gasteiger partial charge in [0.25, 0.3) is 5.69 Å². The van der Waals surface area contributed by atoms with Crippen molar-refractivity contribution in [3.05, 3.63) is 33.3 Å². The van der Waals surface area contributed by atoms with Crippen LogP contribution >= 0.6 is 11.6 Å². The van der Waals surface area contributed by atoms with Crippen LogP contribution in [0, 0.1) is 16.0 Å². The average molecular weight is 287 g/mol. The predicted molar refractivity (Wildman–Crippen MR) is 76.9 cm³/mol. The number of nitro benzene ring substituents is 1. The summed E-state index contributed by atoms with van der Waals surface area (Å²) >= 11 is 5.83. The number of nitrogens with zero attached hydrogens (tertiary/aromatic N) is 1. The smallest absolute Gasteiger partial charge is 0.292 e. The van der Waals surface area contributed by atoms with Crippen molar-refractivity contribution in [2.24, 2.45) is 5.92 Å². The van der Waals surface area contributed by atoms with Crippen molar-refractivity contribution in [3.8, 4) is 0 Å². The van der Waals surface area contributed by atoms with Crippen molar-refractivity contribution in [2.45, 2.75) is 20.3 Å². The number of hydrogen-bond acceptors (Lipinski definition) is 4. The van der Waals surface area contributed by atoms with Crippen LogP contribution in [0.5, 0.6) is 0 Å². The summed E-state index contributed by atoms with van der Waals surface area (Å²) in [5.41, 5.74) is 0.480. The summed E-state index contributed by atoms with van der Waals surface area (Å²) in [4.78, 5) is 10.4. The molecule has 0 unspecified atom stereocenters. The molecule has 1 N–H and O–H groups in total. The van der Waals surface area contributed by atoms with Crippen LogP contribution in [0.4, 0.5) is 11.4 Å². The van der Waals surface area contributed by atoms with E-state index in [-0.39, 0.29) is 5.69 Å². The van der Waals surface area contributed by atoms with Gasteiger partial charge in [-0.2, -0.15) is 0 Å². The SMILES string of the molecule is CC(C)COCCCNc1cc(Cl)ccc1[N+](=O)[O-]. The van der Waals surface area contributed by atoms with Gasteiger partial charge in [-0.3, -0.25) is 10.1 Å². The molecule has 0 bridgehead atoms. The Kier molecular flexibility index (Phi) is 6.59. The van der Waals surface area contributed by atoms with E-state index in [9.17, 15) is 10.1 Å². The molecule has 0 radical (unpaired) electrons. The van der Waals surface area contributed by atoms with Gasteiger partial charge < -0.3 is 10.1 Å². The Balaban J connectivity index is 2.40. The van der Waals surface area contributed by atoms with E-state index in [1.165, 1.54) is 12.1 Å². The van der Waals surface area contributed by atoms with Gasteiger partial charge >= 0.3 is 0 Å². The van der Waals surface area contributed by atoms with Crippen LogP contribution in [-0.4, -0.2) is 24.7 Å². The van der Waals surface area contributed by atoms with E-state index in [4.69, 9.17) is 16.3 Å². The van der Waals surface area contributed by atoms with Crippen LogP contribution in [0.3, 0.4) is 0 Å². The number of hydrogen-bond donors (Lipinski definition) is 1. The van der Waals surface area contributed by atoms with Crippen LogP contribution in [0.25, 0.3) is 0 Å². The Morgan fingerprint density at radius 3 is 2.84 bits per heavy atom. The van der Waals surface area contributed by atoms with Gasteiger partial charge in [-0.15, -0.1) is 0 Å². The molecule has 0 spiro atoms. The first-order chi connectivity index (χ1) is 9.00. The highest BCUT2D eigenvalue weighted by Crippen LogP contribution is 2.27. The lowest BCUT2D eigenvalue weighted by atomic mass is 10.2. The Bertz CT molecular complexity index is 424. The molecule has 0 aromatic heterocycles. The highest BCUT2D eigenvalue weighted by atomic mass is 35.5. The lowest BCUT2D eigenvalue weighted by Gasteiger charge is -2.09. The third-order valence-electron chi connectivity index (χ3n) is 2.39. The van der Waals surface area contributed by atoms with E-state index >= 15 is 0 Å². The van der Waals surface area contributed by atoms with Gasteiger partial charge in [0.05, 0.1) is 4.92 Å². The van der Waals surface area contributed by atoms with Gasteiger partial charge in [0.2, 0.25) is 0 Å². The number of nitrogens with one attached hydrogen (secondary N) is 1. The fourth-order valence-electron chi connectivity index (χ4n) is 1.53. The standard InChI is InChI=1S/C13H19ClN2O3/c1-10(2)9-19-7-3-6-15-12-8-11(14)4-5-13(12)16(17)18/h4-5,8,10,15H,3,6-7,9H2,1-2H3. The third kappa shape index (κ3) is 5.89. The minimum absolute atomic E-state index is 0.0347. The fraction of sp³-hybridized carbons (Fsp3) is 0.538. The zero-order chi connectivity index (χ0) is 14.3. The summed E-state index contributed by atoms with van der Waals surface area (Å²) in [5, 5.41) is 14.3. The highest BCUT2D eigenvalue weighted by Gasteiger charge is 2.13. The molecule has 0 aliphatic rings. The van der Waals surface area contributed by atoms with Gasteiger partial charge in [-0.25, -0.2) is 0 Å². The molecule has 0 saturated carbocycles. The van der Waals surface area contributed by atoms with E-state index < -0.39 is 4.92 Å². The Labute approximate surface area is 118 Å². The topological polar surface area (TPSA) is 64.4 Å². The van der Waals surface area contributed by atoms with Crippen molar-refractivity contribution in [2.75, 3.05) is 25.1 Å². The normalized spacial score (nSPS) is 10.7. The van der Waals surface area contributed by atoms with E-state index in [1.54, 1.807) is 6.07 Å². The predicted octanol–water partition coefficient (Wildman–Crippen LogP) is 3.72. The van der Waals surface area contributed by atoms with Crippen LogP contribution in [-0.2, 0) is 4.74 Å². The molecule has 19 heavy (non-hydrogen) atoms. The molecular weight excluding hydrogens is 268 g/mol. The van der Waals surface area contributed by atoms with Gasteiger partial charge in [0, 0.05) is 30.8 Å². The first-order valence-electron chi connectivity index (χ1n) is 6.26. The van der Waals surface area contributed by atoms with Crippen molar-refractivity contribution < 1.29 is 9.66 Å². The van der Waals surface area contributed by atoms with Crippen molar-refractivity contribution in [1.29, 1.82) is 0 Å². The molecule has 6 heteroatoms. The lowest BCUT2D eigenvalue weighted by Crippen LogP contribution is -2.09. The Hall–Kier alpha value is -1.33. The number of ether oxygens (including phenoxy) is 1. The van der Waals surface area contributed by atoms with Crippen LogP contribution in [0.1, 0.15) is 20.3 Å². The second-order valence-corrected chi connectivity index (χ2v) is 5.10. The van der Waals surface area contributed by atoms with Gasteiger partial charge in [0.15, 0.2) is 0 Å². The van der Waals surface area contributed by atoms with Crippen molar-refractivity contribution >= 4 is 23.0 Å². The highest BCUT2D eigenvalue weighted by molar-refractivity contribution is 6.31. The van der Waals surface area contributed by atoms with E-state index in [0.717, 1.165) is 13.0 Å². The zero-order valence-corrected chi connectivity index (χ0v) is 11.9. The van der Waals surface area contributed by atoms with E-state index in [2.05, 4.69) is 19.2 Å². The molecule has 0 saturated heterocycles. The van der Waals surface area contributed by atoms with Gasteiger partial charge in [-0.1, -0.05) is 25.4 Å². The largest absolute Gasteiger partial charge is 0.381 e. The zero-order valence-electron chi connectivity index (χ0n) is 11.2. The molecule has 0 atom stereocenters. The Morgan fingerprint density at radius 2 is 2.21 bits per heavy atom. The maximum Gasteiger partial charge on any atom is 0.292 e. The van der Waals surface area contributed by atoms with Gasteiger partial charge in [0.1, 0.15) is 5.69 Å². The van der Waals surface area contributed by atoms with E-state index in [1.807, 2.05) is 0 Å². The molecule has 1 rings (SSSR count). The molecule has 0 aliphatic carbocycles. The minimum atomic E-state index is -0.423. The molecule has 0 amide bonds. The van der Waals surface area contributed by atoms with Gasteiger partial charge in [-0.05, 0) is 24.5 Å². The first kappa shape index (κ1) is 15.7. The summed E-state index contributed by atoms with van der Waals surface area (Å²) in [5.74, 6) is 0.516. The van der Waals surface area contributed by atoms with Crippen molar-refractivity contribution in [3.63, 3.8) is 0 Å². The first-order valence-corrected chi connectivity index (χ1v) is 6.64. The fourth-order valence-corrected chi connectivity index (χ4v) is 1.70. The summed E-state index contributed by atoms with van der Waals surface area (Å²) in [6, 6.07) is 4.48. The number of nitro groups is 1. The molecule has 1 aromatic carbocycles. The quantitative estimate of drug-likeness (QED) is 0.449. The number of anilines is 1. The number of rotatable bonds is 8. The summed E-state index contributed by atoms with van der Waals surface area (Å²) in [6.07, 6.45) is 0.788. The molecule has 106 valence electrons. The maximum absolute atomic E-state index is 10.8. The van der Waals surface area contributed by atoms with Crippen molar-refractivity contribution in [1.82, 2.24) is 0 Å². The summed E-state index contributed by atoms with van der Waals surface area (Å²) in [7, 11) is 0. The molecule has 5 nitrogen and oxygen atoms in total. The third-order valence-corrected chi connectivity index (χ3v) is 2.62. The maximum atomic E-state index is 10.8. The monoisotopic (exact) mass is 286 g/mol. The minimum Gasteiger partial charge on any atom is -0.381 e. The average Bonchev–Trinajstić information content (AvgIpc) is 2.33.